The lowest BCUT2D eigenvalue weighted by atomic mass is 10.2. The van der Waals surface area contributed by atoms with Gasteiger partial charge in [0, 0.05) is 19.1 Å². The van der Waals surface area contributed by atoms with E-state index in [1.54, 1.807) is 0 Å². The van der Waals surface area contributed by atoms with Gasteiger partial charge in [-0.1, -0.05) is 0 Å². The third kappa shape index (κ3) is 2.19. The maximum absolute atomic E-state index is 9.52. The largest absolute Gasteiger partial charge is 0.389 e. The molecule has 0 aromatic rings. The quantitative estimate of drug-likeness (QED) is 0.550. The van der Waals surface area contributed by atoms with Gasteiger partial charge < -0.3 is 15.7 Å². The third-order valence-corrected chi connectivity index (χ3v) is 2.83. The summed E-state index contributed by atoms with van der Waals surface area (Å²) in [4.78, 5) is 0. The molecule has 3 heteroatoms. The second-order valence-electron chi connectivity index (χ2n) is 4.15. The van der Waals surface area contributed by atoms with Crippen LogP contribution in [0.4, 0.5) is 0 Å². The van der Waals surface area contributed by atoms with Crippen molar-refractivity contribution < 1.29 is 5.11 Å². The lowest BCUT2D eigenvalue weighted by Gasteiger charge is -2.13. The van der Waals surface area contributed by atoms with E-state index >= 15 is 0 Å². The molecule has 2 fully saturated rings. The van der Waals surface area contributed by atoms with E-state index in [-0.39, 0.29) is 5.60 Å². The van der Waals surface area contributed by atoms with Gasteiger partial charge in [-0.25, -0.2) is 0 Å². The highest BCUT2D eigenvalue weighted by Crippen LogP contribution is 2.33. The van der Waals surface area contributed by atoms with E-state index in [1.165, 1.54) is 12.8 Å². The molecular formula is C9H18N2O. The first-order chi connectivity index (χ1) is 5.79. The monoisotopic (exact) mass is 170 g/mol. The van der Waals surface area contributed by atoms with Crippen LogP contribution in [-0.4, -0.2) is 36.4 Å². The fourth-order valence-corrected chi connectivity index (χ4v) is 1.73. The predicted octanol–water partition coefficient (Wildman–Crippen LogP) is -0.147. The summed E-state index contributed by atoms with van der Waals surface area (Å²) in [5, 5.41) is 16.3. The van der Waals surface area contributed by atoms with Crippen LogP contribution >= 0.6 is 0 Å². The van der Waals surface area contributed by atoms with Crippen LogP contribution in [0.1, 0.15) is 25.7 Å². The van der Waals surface area contributed by atoms with E-state index in [2.05, 4.69) is 10.6 Å². The van der Waals surface area contributed by atoms with Crippen molar-refractivity contribution in [1.82, 2.24) is 10.6 Å². The molecule has 0 amide bonds. The summed E-state index contributed by atoms with van der Waals surface area (Å²) < 4.78 is 0. The third-order valence-electron chi connectivity index (χ3n) is 2.83. The normalized spacial score (nSPS) is 32.2. The molecule has 0 bridgehead atoms. The number of hydrogen-bond acceptors (Lipinski definition) is 3. The van der Waals surface area contributed by atoms with Gasteiger partial charge in [-0.15, -0.1) is 0 Å². The Balaban J connectivity index is 1.56. The van der Waals surface area contributed by atoms with Crippen molar-refractivity contribution in [2.75, 3.05) is 19.6 Å². The minimum Gasteiger partial charge on any atom is -0.389 e. The van der Waals surface area contributed by atoms with Crippen molar-refractivity contribution in [2.24, 2.45) is 0 Å². The highest BCUT2D eigenvalue weighted by atomic mass is 16.3. The fraction of sp³-hybridized carbons (Fsp3) is 1.00. The van der Waals surface area contributed by atoms with Crippen LogP contribution in [-0.2, 0) is 0 Å². The van der Waals surface area contributed by atoms with Crippen molar-refractivity contribution in [1.29, 1.82) is 0 Å². The Morgan fingerprint density at radius 1 is 1.50 bits per heavy atom. The van der Waals surface area contributed by atoms with Gasteiger partial charge in [0.2, 0.25) is 0 Å². The molecule has 2 aliphatic rings. The molecule has 0 spiro atoms. The van der Waals surface area contributed by atoms with Crippen LogP contribution in [0.15, 0.2) is 0 Å². The van der Waals surface area contributed by atoms with Crippen LogP contribution in [0.5, 0.6) is 0 Å². The molecule has 70 valence electrons. The number of rotatable bonds is 4. The topological polar surface area (TPSA) is 44.3 Å². The van der Waals surface area contributed by atoms with Crippen LogP contribution < -0.4 is 10.6 Å². The van der Waals surface area contributed by atoms with Gasteiger partial charge in [-0.2, -0.15) is 0 Å². The maximum Gasteiger partial charge on any atom is 0.0773 e. The first kappa shape index (κ1) is 8.48. The van der Waals surface area contributed by atoms with Crippen molar-refractivity contribution in [3.8, 4) is 0 Å². The zero-order valence-corrected chi connectivity index (χ0v) is 7.47. The Bertz CT molecular complexity index is 151. The van der Waals surface area contributed by atoms with Crippen molar-refractivity contribution in [3.05, 3.63) is 0 Å². The molecule has 2 rings (SSSR count). The van der Waals surface area contributed by atoms with E-state index < -0.39 is 0 Å². The Labute approximate surface area is 73.5 Å². The van der Waals surface area contributed by atoms with Crippen molar-refractivity contribution >= 4 is 0 Å². The van der Waals surface area contributed by atoms with E-state index in [4.69, 9.17) is 0 Å². The van der Waals surface area contributed by atoms with Crippen molar-refractivity contribution in [2.45, 2.75) is 37.3 Å². The number of aliphatic hydroxyl groups is 1. The van der Waals surface area contributed by atoms with Crippen LogP contribution in [0, 0.1) is 0 Å². The lowest BCUT2D eigenvalue weighted by molar-refractivity contribution is 0.147. The highest BCUT2D eigenvalue weighted by molar-refractivity contribution is 4.95. The Hall–Kier alpha value is -0.120. The highest BCUT2D eigenvalue weighted by Gasteiger charge is 2.39. The first-order valence-electron chi connectivity index (χ1n) is 4.95. The Morgan fingerprint density at radius 2 is 2.33 bits per heavy atom. The molecule has 1 saturated carbocycles. The summed E-state index contributed by atoms with van der Waals surface area (Å²) in [6.45, 7) is 2.96. The molecule has 0 aromatic carbocycles. The summed E-state index contributed by atoms with van der Waals surface area (Å²) in [5.41, 5.74) is -0.335. The van der Waals surface area contributed by atoms with Gasteiger partial charge in [-0.3, -0.25) is 0 Å². The standard InChI is InChI=1S/C9H18N2O/c12-9(3-4-9)7-10-6-8-2-1-5-11-8/h8,10-12H,1-7H2. The smallest absolute Gasteiger partial charge is 0.0773 e. The summed E-state index contributed by atoms with van der Waals surface area (Å²) >= 11 is 0. The zero-order chi connectivity index (χ0) is 8.44. The van der Waals surface area contributed by atoms with Crippen LogP contribution in [0.25, 0.3) is 0 Å². The van der Waals surface area contributed by atoms with Gasteiger partial charge in [0.05, 0.1) is 5.60 Å². The number of hydrogen-bond donors (Lipinski definition) is 3. The van der Waals surface area contributed by atoms with E-state index in [1.807, 2.05) is 0 Å². The molecule has 3 nitrogen and oxygen atoms in total. The van der Waals surface area contributed by atoms with Gasteiger partial charge in [0.15, 0.2) is 0 Å². The van der Waals surface area contributed by atoms with Gasteiger partial charge in [-0.05, 0) is 32.2 Å². The fourth-order valence-electron chi connectivity index (χ4n) is 1.73. The van der Waals surface area contributed by atoms with Gasteiger partial charge in [0.25, 0.3) is 0 Å². The van der Waals surface area contributed by atoms with Crippen molar-refractivity contribution in [3.63, 3.8) is 0 Å². The Kier molecular flexibility index (Phi) is 2.35. The molecule has 0 aromatic heterocycles. The maximum atomic E-state index is 9.52. The molecule has 1 aliphatic heterocycles. The molecule has 12 heavy (non-hydrogen) atoms. The molecule has 0 radical (unpaired) electrons. The minimum atomic E-state index is -0.335. The number of nitrogens with one attached hydrogen (secondary N) is 2. The Morgan fingerprint density at radius 3 is 2.92 bits per heavy atom. The van der Waals surface area contributed by atoms with E-state index in [0.717, 1.165) is 32.5 Å². The van der Waals surface area contributed by atoms with E-state index in [0.29, 0.717) is 6.04 Å². The molecular weight excluding hydrogens is 152 g/mol. The molecule has 1 saturated heterocycles. The molecule has 3 N–H and O–H groups in total. The van der Waals surface area contributed by atoms with Gasteiger partial charge >= 0.3 is 0 Å². The minimum absolute atomic E-state index is 0.335. The first-order valence-corrected chi connectivity index (χ1v) is 4.95. The zero-order valence-electron chi connectivity index (χ0n) is 7.47. The average molecular weight is 170 g/mol. The summed E-state index contributed by atoms with van der Waals surface area (Å²) in [6.07, 6.45) is 4.55. The average Bonchev–Trinajstić information content (AvgIpc) is 2.61. The van der Waals surface area contributed by atoms with E-state index in [9.17, 15) is 5.11 Å². The summed E-state index contributed by atoms with van der Waals surface area (Å²) in [7, 11) is 0. The van der Waals surface area contributed by atoms with Gasteiger partial charge in [0.1, 0.15) is 0 Å². The second kappa shape index (κ2) is 3.32. The van der Waals surface area contributed by atoms with Crippen LogP contribution in [0.3, 0.4) is 0 Å². The molecule has 1 unspecified atom stereocenters. The second-order valence-corrected chi connectivity index (χ2v) is 4.15. The molecule has 1 atom stereocenters. The summed E-state index contributed by atoms with van der Waals surface area (Å²) in [5.74, 6) is 0. The predicted molar refractivity (Wildman–Crippen MR) is 48.1 cm³/mol. The SMILES string of the molecule is OC1(CNCC2CCCN2)CC1. The molecule has 1 heterocycles. The lowest BCUT2D eigenvalue weighted by Crippen LogP contribution is -2.38. The summed E-state index contributed by atoms with van der Waals surface area (Å²) in [6, 6.07) is 0.646. The molecule has 1 aliphatic carbocycles. The van der Waals surface area contributed by atoms with Crippen LogP contribution in [0.2, 0.25) is 0 Å².